The second-order valence-electron chi connectivity index (χ2n) is 6.42. The standard InChI is InChI=1S/C20H20N2O4/c1-21(2)18-9-4-13(11-19(18)22(24)25)10-15-6-5-14-12-16(26-3)7-8-17(14)20(15)23/h4,7-12H,5-6H2,1-3H3. The van der Waals surface area contributed by atoms with Crippen LogP contribution in [-0.2, 0) is 6.42 Å². The molecule has 1 aliphatic carbocycles. The summed E-state index contributed by atoms with van der Waals surface area (Å²) in [5, 5.41) is 11.3. The molecule has 0 amide bonds. The van der Waals surface area contributed by atoms with Crippen molar-refractivity contribution in [2.24, 2.45) is 0 Å². The average Bonchev–Trinajstić information content (AvgIpc) is 2.63. The summed E-state index contributed by atoms with van der Waals surface area (Å²) in [6, 6.07) is 10.5. The Morgan fingerprint density at radius 1 is 1.15 bits per heavy atom. The smallest absolute Gasteiger partial charge is 0.293 e. The van der Waals surface area contributed by atoms with Crippen molar-refractivity contribution in [2.75, 3.05) is 26.1 Å². The Morgan fingerprint density at radius 3 is 2.58 bits per heavy atom. The summed E-state index contributed by atoms with van der Waals surface area (Å²) in [6.45, 7) is 0. The second kappa shape index (κ2) is 7.00. The van der Waals surface area contributed by atoms with Crippen molar-refractivity contribution in [3.63, 3.8) is 0 Å². The number of nitrogens with zero attached hydrogens (tertiary/aromatic N) is 2. The van der Waals surface area contributed by atoms with Crippen molar-refractivity contribution in [2.45, 2.75) is 12.8 Å². The third-order valence-electron chi connectivity index (χ3n) is 4.53. The van der Waals surface area contributed by atoms with Gasteiger partial charge in [0.15, 0.2) is 5.78 Å². The third kappa shape index (κ3) is 3.31. The molecule has 0 unspecified atom stereocenters. The van der Waals surface area contributed by atoms with E-state index in [0.29, 0.717) is 28.8 Å². The topological polar surface area (TPSA) is 72.7 Å². The number of benzene rings is 2. The van der Waals surface area contributed by atoms with Crippen LogP contribution in [0.2, 0.25) is 0 Å². The van der Waals surface area contributed by atoms with Gasteiger partial charge in [-0.1, -0.05) is 6.07 Å². The van der Waals surface area contributed by atoms with E-state index < -0.39 is 4.92 Å². The number of hydrogen-bond acceptors (Lipinski definition) is 5. The molecule has 0 radical (unpaired) electrons. The van der Waals surface area contributed by atoms with E-state index in [4.69, 9.17) is 4.74 Å². The fourth-order valence-electron chi connectivity index (χ4n) is 3.17. The van der Waals surface area contributed by atoms with Crippen LogP contribution < -0.4 is 9.64 Å². The molecule has 0 bridgehead atoms. The molecule has 0 spiro atoms. The summed E-state index contributed by atoms with van der Waals surface area (Å²) >= 11 is 0. The maximum absolute atomic E-state index is 12.8. The zero-order valence-corrected chi connectivity index (χ0v) is 15.0. The minimum Gasteiger partial charge on any atom is -0.497 e. The maximum Gasteiger partial charge on any atom is 0.293 e. The highest BCUT2D eigenvalue weighted by Crippen LogP contribution is 2.32. The Kier molecular flexibility index (Phi) is 4.75. The van der Waals surface area contributed by atoms with E-state index in [1.807, 2.05) is 6.07 Å². The molecule has 0 heterocycles. The monoisotopic (exact) mass is 352 g/mol. The molecular formula is C20H20N2O4. The van der Waals surface area contributed by atoms with Crippen molar-refractivity contribution in [1.29, 1.82) is 0 Å². The molecule has 0 N–H and O–H groups in total. The van der Waals surface area contributed by atoms with Gasteiger partial charge in [-0.25, -0.2) is 0 Å². The summed E-state index contributed by atoms with van der Waals surface area (Å²) in [5.41, 5.74) is 3.52. The van der Waals surface area contributed by atoms with Gasteiger partial charge in [0, 0.05) is 31.3 Å². The first-order valence-corrected chi connectivity index (χ1v) is 8.28. The van der Waals surface area contributed by atoms with Gasteiger partial charge in [0.2, 0.25) is 0 Å². The summed E-state index contributed by atoms with van der Waals surface area (Å²) in [6.07, 6.45) is 3.09. The number of allylic oxidation sites excluding steroid dienone is 1. The number of aryl methyl sites for hydroxylation is 1. The molecular weight excluding hydrogens is 332 g/mol. The fraction of sp³-hybridized carbons (Fsp3) is 0.250. The molecule has 3 rings (SSSR count). The summed E-state index contributed by atoms with van der Waals surface area (Å²) in [7, 11) is 5.12. The normalized spacial score (nSPS) is 14.9. The summed E-state index contributed by atoms with van der Waals surface area (Å²) < 4.78 is 5.21. The number of methoxy groups -OCH3 is 1. The largest absolute Gasteiger partial charge is 0.497 e. The third-order valence-corrected chi connectivity index (χ3v) is 4.53. The summed E-state index contributed by atoms with van der Waals surface area (Å²) in [5.74, 6) is 0.701. The Hall–Kier alpha value is -3.15. The Morgan fingerprint density at radius 2 is 1.92 bits per heavy atom. The maximum atomic E-state index is 12.8. The fourth-order valence-corrected chi connectivity index (χ4v) is 3.17. The first-order valence-electron chi connectivity index (χ1n) is 8.28. The van der Waals surface area contributed by atoms with Crippen molar-refractivity contribution in [3.05, 3.63) is 68.8 Å². The Bertz CT molecular complexity index is 916. The zero-order valence-electron chi connectivity index (χ0n) is 15.0. The molecule has 0 aromatic heterocycles. The number of ether oxygens (including phenoxy) is 1. The van der Waals surface area contributed by atoms with E-state index in [9.17, 15) is 14.9 Å². The SMILES string of the molecule is COc1ccc2c(c1)CCC(=Cc1ccc(N(C)C)c([N+](=O)[O-])c1)C2=O. The lowest BCUT2D eigenvalue weighted by molar-refractivity contribution is -0.384. The van der Waals surface area contributed by atoms with Crippen LogP contribution in [0.4, 0.5) is 11.4 Å². The number of carbonyl (C=O) groups excluding carboxylic acids is 1. The molecule has 0 saturated heterocycles. The Labute approximate surface area is 151 Å². The van der Waals surface area contributed by atoms with Gasteiger partial charge in [-0.15, -0.1) is 0 Å². The number of anilines is 1. The zero-order chi connectivity index (χ0) is 18.8. The highest BCUT2D eigenvalue weighted by molar-refractivity contribution is 6.13. The van der Waals surface area contributed by atoms with Crippen LogP contribution in [0.5, 0.6) is 5.75 Å². The highest BCUT2D eigenvalue weighted by atomic mass is 16.6. The van der Waals surface area contributed by atoms with E-state index >= 15 is 0 Å². The van der Waals surface area contributed by atoms with Crippen LogP contribution in [0.1, 0.15) is 27.9 Å². The number of rotatable bonds is 4. The number of carbonyl (C=O) groups is 1. The van der Waals surface area contributed by atoms with E-state index in [1.54, 1.807) is 56.4 Å². The number of nitro groups is 1. The number of nitro benzene ring substituents is 1. The van der Waals surface area contributed by atoms with E-state index in [2.05, 4.69) is 0 Å². The van der Waals surface area contributed by atoms with Gasteiger partial charge in [-0.3, -0.25) is 14.9 Å². The number of ketones is 1. The van der Waals surface area contributed by atoms with Crippen LogP contribution in [0.25, 0.3) is 6.08 Å². The van der Waals surface area contributed by atoms with Crippen LogP contribution in [0.3, 0.4) is 0 Å². The van der Waals surface area contributed by atoms with E-state index in [-0.39, 0.29) is 11.5 Å². The van der Waals surface area contributed by atoms with Crippen LogP contribution in [-0.4, -0.2) is 31.9 Å². The van der Waals surface area contributed by atoms with Gasteiger partial charge in [0.25, 0.3) is 5.69 Å². The van der Waals surface area contributed by atoms with Gasteiger partial charge in [0.05, 0.1) is 12.0 Å². The molecule has 2 aromatic rings. The van der Waals surface area contributed by atoms with Crippen LogP contribution in [0, 0.1) is 10.1 Å². The van der Waals surface area contributed by atoms with Gasteiger partial charge >= 0.3 is 0 Å². The molecule has 0 fully saturated rings. The van der Waals surface area contributed by atoms with Gasteiger partial charge in [0.1, 0.15) is 11.4 Å². The van der Waals surface area contributed by atoms with Crippen LogP contribution in [0.15, 0.2) is 42.0 Å². The highest BCUT2D eigenvalue weighted by Gasteiger charge is 2.23. The molecule has 2 aromatic carbocycles. The lowest BCUT2D eigenvalue weighted by Crippen LogP contribution is -2.14. The average molecular weight is 352 g/mol. The van der Waals surface area contributed by atoms with Gasteiger partial charge < -0.3 is 9.64 Å². The van der Waals surface area contributed by atoms with Crippen molar-refractivity contribution < 1.29 is 14.5 Å². The number of hydrogen-bond donors (Lipinski definition) is 0. The number of Topliss-reactive ketones (excluding diaryl/α,β-unsaturated/α-hetero) is 1. The minimum atomic E-state index is -0.401. The molecule has 6 nitrogen and oxygen atoms in total. The second-order valence-corrected chi connectivity index (χ2v) is 6.42. The van der Waals surface area contributed by atoms with Crippen molar-refractivity contribution >= 4 is 23.2 Å². The molecule has 0 aliphatic heterocycles. The first-order chi connectivity index (χ1) is 12.4. The van der Waals surface area contributed by atoms with Crippen molar-refractivity contribution in [3.8, 4) is 5.75 Å². The van der Waals surface area contributed by atoms with E-state index in [0.717, 1.165) is 17.7 Å². The lowest BCUT2D eigenvalue weighted by Gasteiger charge is -2.18. The predicted molar refractivity (Wildman–Crippen MR) is 101 cm³/mol. The molecule has 26 heavy (non-hydrogen) atoms. The molecule has 0 saturated carbocycles. The van der Waals surface area contributed by atoms with Crippen molar-refractivity contribution in [1.82, 2.24) is 0 Å². The molecule has 0 atom stereocenters. The first kappa shape index (κ1) is 17.7. The number of fused-ring (bicyclic) bond motifs is 1. The van der Waals surface area contributed by atoms with Gasteiger partial charge in [-0.05, 0) is 54.3 Å². The van der Waals surface area contributed by atoms with Crippen LogP contribution >= 0.6 is 0 Å². The molecule has 1 aliphatic rings. The van der Waals surface area contributed by atoms with E-state index in [1.165, 1.54) is 6.07 Å². The Balaban J connectivity index is 1.97. The lowest BCUT2D eigenvalue weighted by atomic mass is 9.86. The molecule has 6 heteroatoms. The quantitative estimate of drug-likeness (QED) is 0.474. The van der Waals surface area contributed by atoms with Gasteiger partial charge in [-0.2, -0.15) is 0 Å². The minimum absolute atomic E-state index is 0.0257. The molecule has 134 valence electrons. The summed E-state index contributed by atoms with van der Waals surface area (Å²) in [4.78, 5) is 25.4. The predicted octanol–water partition coefficient (Wildman–Crippen LogP) is 3.88.